The summed E-state index contributed by atoms with van der Waals surface area (Å²) in [5, 5.41) is 12.9. The topological polar surface area (TPSA) is 50.7 Å². The molecule has 0 spiro atoms. The van der Waals surface area contributed by atoms with Gasteiger partial charge >= 0.3 is 0 Å². The maximum Gasteiger partial charge on any atom is 0.167 e. The molecule has 18 heavy (non-hydrogen) atoms. The second-order valence-electron chi connectivity index (χ2n) is 5.21. The van der Waals surface area contributed by atoms with E-state index in [2.05, 4.69) is 5.32 Å². The van der Waals surface area contributed by atoms with E-state index in [0.717, 1.165) is 11.3 Å². The molecule has 102 valence electrons. The van der Waals surface area contributed by atoms with Crippen LogP contribution in [0.1, 0.15) is 26.3 Å². The summed E-state index contributed by atoms with van der Waals surface area (Å²) in [7, 11) is 1.62. The van der Waals surface area contributed by atoms with Gasteiger partial charge in [0.2, 0.25) is 0 Å². The van der Waals surface area contributed by atoms with Crippen molar-refractivity contribution in [2.75, 3.05) is 13.7 Å². The minimum atomic E-state index is -0.825. The fourth-order valence-corrected chi connectivity index (χ4v) is 1.46. The summed E-state index contributed by atoms with van der Waals surface area (Å²) in [6, 6.07) is 7.61. The summed E-state index contributed by atoms with van der Waals surface area (Å²) in [6.45, 7) is 6.86. The van der Waals surface area contributed by atoms with Crippen LogP contribution in [0.25, 0.3) is 0 Å². The second kappa shape index (κ2) is 6.73. The highest BCUT2D eigenvalue weighted by Crippen LogP contribution is 2.18. The molecule has 4 nitrogen and oxygen atoms in total. The molecule has 4 heteroatoms. The van der Waals surface area contributed by atoms with E-state index in [1.54, 1.807) is 7.11 Å². The van der Waals surface area contributed by atoms with E-state index < -0.39 is 6.29 Å². The van der Waals surface area contributed by atoms with E-state index in [1.165, 1.54) is 0 Å². The van der Waals surface area contributed by atoms with Crippen molar-refractivity contribution in [1.82, 2.24) is 5.32 Å². The summed E-state index contributed by atoms with van der Waals surface area (Å²) in [5.74, 6) is 0.772. The number of aliphatic hydroxyl groups excluding tert-OH is 1. The molecule has 2 N–H and O–H groups in total. The highest BCUT2D eigenvalue weighted by Gasteiger charge is 2.13. The van der Waals surface area contributed by atoms with Crippen molar-refractivity contribution >= 4 is 0 Å². The van der Waals surface area contributed by atoms with Crippen LogP contribution in [0.3, 0.4) is 0 Å². The van der Waals surface area contributed by atoms with Gasteiger partial charge in [-0.25, -0.2) is 0 Å². The lowest BCUT2D eigenvalue weighted by atomic mass is 10.1. The minimum Gasteiger partial charge on any atom is -0.496 e. The van der Waals surface area contributed by atoms with Crippen molar-refractivity contribution in [3.63, 3.8) is 0 Å². The van der Waals surface area contributed by atoms with Crippen molar-refractivity contribution in [1.29, 1.82) is 0 Å². The molecule has 0 radical (unpaired) electrons. The molecule has 1 unspecified atom stereocenters. The van der Waals surface area contributed by atoms with Crippen LogP contribution in [0.2, 0.25) is 0 Å². The number of hydrogen-bond donors (Lipinski definition) is 2. The summed E-state index contributed by atoms with van der Waals surface area (Å²) >= 11 is 0. The first kappa shape index (κ1) is 15.0. The van der Waals surface area contributed by atoms with Gasteiger partial charge in [0.25, 0.3) is 0 Å². The van der Waals surface area contributed by atoms with Gasteiger partial charge in [-0.1, -0.05) is 18.2 Å². The first-order chi connectivity index (χ1) is 8.42. The molecule has 0 bridgehead atoms. The zero-order chi connectivity index (χ0) is 13.6. The number of benzene rings is 1. The van der Waals surface area contributed by atoms with E-state index in [0.29, 0.717) is 13.2 Å². The lowest BCUT2D eigenvalue weighted by molar-refractivity contribution is -0.107. The normalized spacial score (nSPS) is 13.4. The van der Waals surface area contributed by atoms with Crippen molar-refractivity contribution < 1.29 is 14.6 Å². The Kier molecular flexibility index (Phi) is 5.59. The number of ether oxygens (including phenoxy) is 2. The first-order valence-electron chi connectivity index (χ1n) is 6.09. The largest absolute Gasteiger partial charge is 0.496 e. The number of rotatable bonds is 6. The smallest absolute Gasteiger partial charge is 0.167 e. The van der Waals surface area contributed by atoms with Crippen molar-refractivity contribution in [2.45, 2.75) is 39.2 Å². The molecule has 0 aliphatic heterocycles. The van der Waals surface area contributed by atoms with Gasteiger partial charge in [-0.3, -0.25) is 0 Å². The predicted octanol–water partition coefficient (Wildman–Crippen LogP) is 1.92. The average molecular weight is 253 g/mol. The summed E-state index contributed by atoms with van der Waals surface area (Å²) < 4.78 is 10.6. The van der Waals surface area contributed by atoms with Gasteiger partial charge < -0.3 is 19.9 Å². The van der Waals surface area contributed by atoms with E-state index in [-0.39, 0.29) is 5.54 Å². The van der Waals surface area contributed by atoms with Gasteiger partial charge in [-0.05, 0) is 26.8 Å². The Bertz CT molecular complexity index is 360. The predicted molar refractivity (Wildman–Crippen MR) is 71.5 cm³/mol. The molecular formula is C14H23NO3. The Morgan fingerprint density at radius 1 is 1.28 bits per heavy atom. The van der Waals surface area contributed by atoms with Gasteiger partial charge in [-0.2, -0.15) is 0 Å². The Morgan fingerprint density at radius 2 is 1.94 bits per heavy atom. The third kappa shape index (κ3) is 5.49. The van der Waals surface area contributed by atoms with Gasteiger partial charge in [0.15, 0.2) is 6.29 Å². The van der Waals surface area contributed by atoms with E-state index in [9.17, 15) is 5.11 Å². The Morgan fingerprint density at radius 3 is 2.56 bits per heavy atom. The molecule has 0 aliphatic rings. The third-order valence-corrected chi connectivity index (χ3v) is 2.43. The zero-order valence-electron chi connectivity index (χ0n) is 11.6. The molecule has 1 aromatic rings. The van der Waals surface area contributed by atoms with Gasteiger partial charge in [-0.15, -0.1) is 0 Å². The lowest BCUT2D eigenvalue weighted by Crippen LogP contribution is -2.41. The van der Waals surface area contributed by atoms with Crippen LogP contribution in [0.15, 0.2) is 24.3 Å². The molecule has 0 heterocycles. The molecule has 0 saturated carbocycles. The monoisotopic (exact) mass is 253 g/mol. The van der Waals surface area contributed by atoms with Crippen LogP contribution in [0.4, 0.5) is 0 Å². The molecule has 0 aliphatic carbocycles. The summed E-state index contributed by atoms with van der Waals surface area (Å²) in [5.41, 5.74) is 0.893. The van der Waals surface area contributed by atoms with Crippen LogP contribution in [0, 0.1) is 0 Å². The van der Waals surface area contributed by atoms with Crippen molar-refractivity contribution in [2.24, 2.45) is 0 Å². The summed E-state index contributed by atoms with van der Waals surface area (Å²) in [4.78, 5) is 0. The lowest BCUT2D eigenvalue weighted by Gasteiger charge is -2.23. The van der Waals surface area contributed by atoms with Gasteiger partial charge in [0.05, 0.1) is 13.7 Å². The Balaban J connectivity index is 2.40. The van der Waals surface area contributed by atoms with Crippen LogP contribution >= 0.6 is 0 Å². The number of nitrogens with one attached hydrogen (secondary N) is 1. The number of hydrogen-bond acceptors (Lipinski definition) is 4. The molecule has 0 saturated heterocycles. The standard InChI is InChI=1S/C14H23NO3/c1-14(2,3)15-9-13(16)18-10-11-7-5-6-8-12(11)17-4/h5-8,13,15-16H,9-10H2,1-4H3. The molecular weight excluding hydrogens is 230 g/mol. The number of methoxy groups -OCH3 is 1. The molecule has 0 aromatic heterocycles. The molecule has 0 fully saturated rings. The molecule has 1 rings (SSSR count). The summed E-state index contributed by atoms with van der Waals surface area (Å²) in [6.07, 6.45) is -0.825. The molecule has 0 amide bonds. The highest BCUT2D eigenvalue weighted by molar-refractivity contribution is 5.32. The Labute approximate surface area is 109 Å². The Hall–Kier alpha value is -1.10. The quantitative estimate of drug-likeness (QED) is 0.761. The van der Waals surface area contributed by atoms with Crippen LogP contribution < -0.4 is 10.1 Å². The SMILES string of the molecule is COc1ccccc1COC(O)CNC(C)(C)C. The van der Waals surface area contributed by atoms with Crippen molar-refractivity contribution in [3.8, 4) is 5.75 Å². The maximum atomic E-state index is 9.71. The number of para-hydroxylation sites is 1. The highest BCUT2D eigenvalue weighted by atomic mass is 16.6. The fourth-order valence-electron chi connectivity index (χ4n) is 1.46. The maximum absolute atomic E-state index is 9.71. The van der Waals surface area contributed by atoms with Crippen molar-refractivity contribution in [3.05, 3.63) is 29.8 Å². The average Bonchev–Trinajstić information content (AvgIpc) is 2.33. The first-order valence-corrected chi connectivity index (χ1v) is 6.09. The van der Waals surface area contributed by atoms with Crippen LogP contribution in [0.5, 0.6) is 5.75 Å². The van der Waals surface area contributed by atoms with E-state index >= 15 is 0 Å². The number of aliphatic hydroxyl groups is 1. The second-order valence-corrected chi connectivity index (χ2v) is 5.21. The zero-order valence-corrected chi connectivity index (χ0v) is 11.6. The van der Waals surface area contributed by atoms with Crippen LogP contribution in [-0.2, 0) is 11.3 Å². The minimum absolute atomic E-state index is 0.0330. The fraction of sp³-hybridized carbons (Fsp3) is 0.571. The van der Waals surface area contributed by atoms with Gasteiger partial charge in [0.1, 0.15) is 5.75 Å². The van der Waals surface area contributed by atoms with E-state index in [1.807, 2.05) is 45.0 Å². The van der Waals surface area contributed by atoms with Gasteiger partial charge in [0, 0.05) is 17.6 Å². The molecule has 1 atom stereocenters. The van der Waals surface area contributed by atoms with Crippen LogP contribution in [-0.4, -0.2) is 30.6 Å². The van der Waals surface area contributed by atoms with E-state index in [4.69, 9.17) is 9.47 Å². The number of β-amino-alcohol motifs (C(OH)–C–C–N with tert-alkyl or cyclic N) is 1. The molecule has 1 aromatic carbocycles. The third-order valence-electron chi connectivity index (χ3n) is 2.43.